The standard InChI is InChI=1S/C28H30N2O3.C27H29N3O3.C25H26F2N4O3/c29-18-22-15-21(9-10-27(22)33-24-11-13-32-14-12-24)20-7-4-8-23(16-20)30-28(31)26-17-25(26)19-5-2-1-3-6-19;28-16-21-13-19(6-7-26(21)33-23-8-11-32-12-9-23)18-3-1-5-22(14-18)30-27(31)25-15-24(25)20-4-2-10-29-17-20;26-25(27)15-31(23(32)8-10-28)11-9-22(25)34-21-7-6-18(12-19(21)14-29)17-2-1-3-20(13-17)30-24(33)16-4-5-16/h1-10,15-16,24-26H,11-14,17-18,29H2,(H,30,31);1-7,10,13-14,17,23-25H,8-9,11-12,15-16,28H2,(H,30,31);1-3,6-7,12-13,16,22H,4-5,8-9,11,14-15,29H2,(H,30,33)/t25-,26+;24-,25+;22-/m010/s1. The number of likely N-dealkylation sites (tertiary alicyclic amines) is 1. The van der Waals surface area contributed by atoms with E-state index in [4.69, 9.17) is 46.1 Å². The van der Waals surface area contributed by atoms with Crippen LogP contribution in [-0.2, 0) is 48.3 Å². The minimum atomic E-state index is -3.26. The van der Waals surface area contributed by atoms with Gasteiger partial charge in [0.15, 0.2) is 6.10 Å². The second kappa shape index (κ2) is 32.9. The number of amides is 4. The minimum absolute atomic E-state index is 0.00307. The molecule has 3 aliphatic heterocycles. The van der Waals surface area contributed by atoms with Crippen LogP contribution in [0.3, 0.4) is 0 Å². The number of nitrogens with zero attached hydrogens (tertiary/aromatic N) is 3. The largest absolute Gasteiger partial charge is 0.490 e. The number of carbonyl (C=O) groups is 4. The third-order valence-corrected chi connectivity index (χ3v) is 19.1. The second-order valence-electron chi connectivity index (χ2n) is 26.3. The van der Waals surface area contributed by atoms with Crippen LogP contribution in [0.1, 0.15) is 104 Å². The van der Waals surface area contributed by atoms with Gasteiger partial charge in [-0.2, -0.15) is 5.26 Å². The van der Waals surface area contributed by atoms with E-state index in [0.717, 1.165) is 156 Å². The highest BCUT2D eigenvalue weighted by atomic mass is 19.3. The Hall–Kier alpha value is -9.88. The lowest BCUT2D eigenvalue weighted by molar-refractivity contribution is -0.159. The Morgan fingerprint density at radius 3 is 1.39 bits per heavy atom. The Balaban J connectivity index is 0.000000142. The highest BCUT2D eigenvalue weighted by molar-refractivity contribution is 5.97. The first kappa shape index (κ1) is 70.0. The number of anilines is 3. The number of nitriles is 1. The number of rotatable bonds is 21. The van der Waals surface area contributed by atoms with Crippen LogP contribution >= 0.6 is 0 Å². The van der Waals surface area contributed by atoms with E-state index in [-0.39, 0.29) is 78.9 Å². The van der Waals surface area contributed by atoms with Crippen LogP contribution in [0.25, 0.3) is 33.4 Å². The number of halogens is 2. The van der Waals surface area contributed by atoms with Gasteiger partial charge in [-0.3, -0.25) is 24.2 Å². The number of ether oxygens (including phenoxy) is 5. The zero-order valence-corrected chi connectivity index (χ0v) is 55.9. The minimum Gasteiger partial charge on any atom is -0.490 e. The smallest absolute Gasteiger partial charge is 0.301 e. The van der Waals surface area contributed by atoms with Crippen molar-refractivity contribution in [3.63, 3.8) is 0 Å². The van der Waals surface area contributed by atoms with Gasteiger partial charge in [-0.15, -0.1) is 0 Å². The molecule has 9 N–H and O–H groups in total. The summed E-state index contributed by atoms with van der Waals surface area (Å²) in [5.74, 6) is -1.02. The fraction of sp³-hybridized carbons (Fsp3) is 0.350. The molecule has 18 nitrogen and oxygen atoms in total. The summed E-state index contributed by atoms with van der Waals surface area (Å²) < 4.78 is 58.4. The normalized spacial score (nSPS) is 19.9. The van der Waals surface area contributed by atoms with Gasteiger partial charge < -0.3 is 61.7 Å². The van der Waals surface area contributed by atoms with Crippen LogP contribution in [0.15, 0.2) is 182 Å². The molecule has 0 unspecified atom stereocenters. The molecule has 6 aliphatic rings. The lowest BCUT2D eigenvalue weighted by Crippen LogP contribution is -2.55. The molecule has 3 saturated heterocycles. The topological polar surface area (TPSA) is 268 Å². The van der Waals surface area contributed by atoms with Crippen molar-refractivity contribution >= 4 is 40.7 Å². The van der Waals surface area contributed by atoms with Gasteiger partial charge in [-0.05, 0) is 161 Å². The highest BCUT2D eigenvalue weighted by Gasteiger charge is 2.48. The molecule has 3 saturated carbocycles. The summed E-state index contributed by atoms with van der Waals surface area (Å²) in [6.45, 7) is 3.17. The van der Waals surface area contributed by atoms with Crippen molar-refractivity contribution < 1.29 is 51.6 Å². The Kier molecular flexibility index (Phi) is 23.0. The third-order valence-electron chi connectivity index (χ3n) is 19.1. The van der Waals surface area contributed by atoms with E-state index in [1.54, 1.807) is 30.5 Å². The molecule has 3 aliphatic carbocycles. The first-order chi connectivity index (χ1) is 48.7. The van der Waals surface area contributed by atoms with Crippen LogP contribution in [0.2, 0.25) is 0 Å². The number of aromatic nitrogens is 1. The Labute approximate surface area is 581 Å². The molecule has 20 heteroatoms. The van der Waals surface area contributed by atoms with E-state index >= 15 is 0 Å². The lowest BCUT2D eigenvalue weighted by atomic mass is 10.0. The molecule has 4 heterocycles. The number of benzene rings is 7. The summed E-state index contributed by atoms with van der Waals surface area (Å²) in [6.07, 6.45) is 9.28. The van der Waals surface area contributed by atoms with Crippen LogP contribution < -0.4 is 47.4 Å². The van der Waals surface area contributed by atoms with Crippen LogP contribution in [0.5, 0.6) is 17.2 Å². The fourth-order valence-corrected chi connectivity index (χ4v) is 13.0. The molecule has 8 aromatic rings. The van der Waals surface area contributed by atoms with Gasteiger partial charge in [0.2, 0.25) is 23.6 Å². The van der Waals surface area contributed by atoms with E-state index in [2.05, 4.69) is 51.3 Å². The van der Waals surface area contributed by atoms with E-state index < -0.39 is 30.9 Å². The SMILES string of the molecule is N#CCC(=O)N1CC[C@H](Oc2ccc(-c3cccc(NC(=O)C4CC4)c3)cc2CN)C(F)(F)C1.NCc1cc(-c2cccc(NC(=O)[C@@H]3C[C@H]3c3ccccc3)c2)ccc1OC1CCOCC1.NCc1cc(-c2cccc(NC(=O)[C@H]3C[C@@H]3c3cccnc3)c2)ccc1OC1CCOCC1. The molecule has 518 valence electrons. The Morgan fingerprint density at radius 1 is 0.520 bits per heavy atom. The van der Waals surface area contributed by atoms with E-state index in [1.807, 2.05) is 128 Å². The van der Waals surface area contributed by atoms with E-state index in [1.165, 1.54) is 5.56 Å². The summed E-state index contributed by atoms with van der Waals surface area (Å²) in [5.41, 5.74) is 31.0. The molecular weight excluding hydrogens is 1270 g/mol. The van der Waals surface area contributed by atoms with Crippen molar-refractivity contribution in [3.8, 4) is 56.7 Å². The molecular formula is C80H85F2N9O9. The van der Waals surface area contributed by atoms with Gasteiger partial charge in [0.05, 0.1) is 39.0 Å². The van der Waals surface area contributed by atoms with E-state index in [0.29, 0.717) is 30.3 Å². The van der Waals surface area contributed by atoms with Gasteiger partial charge >= 0.3 is 5.92 Å². The number of hydrogen-bond acceptors (Lipinski definition) is 14. The van der Waals surface area contributed by atoms with Crippen LogP contribution in [-0.4, -0.2) is 97.3 Å². The summed E-state index contributed by atoms with van der Waals surface area (Å²) in [5, 5.41) is 17.8. The number of hydrogen-bond donors (Lipinski definition) is 6. The lowest BCUT2D eigenvalue weighted by Gasteiger charge is -2.38. The molecule has 5 atom stereocenters. The average Bonchev–Trinajstić information content (AvgIpc) is 1.55. The summed E-state index contributed by atoms with van der Waals surface area (Å²) in [6, 6.07) is 56.7. The molecule has 7 aromatic carbocycles. The number of piperidine rings is 1. The Bertz CT molecular complexity index is 4020. The zero-order chi connectivity index (χ0) is 69.5. The maximum Gasteiger partial charge on any atom is 0.301 e. The monoisotopic (exact) mass is 1350 g/mol. The van der Waals surface area contributed by atoms with Gasteiger partial charge in [0.1, 0.15) is 35.9 Å². The number of nitrogens with one attached hydrogen (secondary N) is 3. The van der Waals surface area contributed by atoms with Gasteiger partial charge in [-0.1, -0.05) is 91.0 Å². The van der Waals surface area contributed by atoms with Gasteiger partial charge in [0, 0.05) is 122 Å². The molecule has 100 heavy (non-hydrogen) atoms. The molecule has 0 spiro atoms. The fourth-order valence-electron chi connectivity index (χ4n) is 13.0. The quantitative estimate of drug-likeness (QED) is 0.0391. The van der Waals surface area contributed by atoms with Crippen molar-refractivity contribution in [2.24, 2.45) is 35.0 Å². The van der Waals surface area contributed by atoms with Crippen LogP contribution in [0, 0.1) is 29.1 Å². The summed E-state index contributed by atoms with van der Waals surface area (Å²) in [4.78, 5) is 54.6. The molecule has 4 amide bonds. The maximum absolute atomic E-state index is 14.7. The molecule has 1 aromatic heterocycles. The summed E-state index contributed by atoms with van der Waals surface area (Å²) >= 11 is 0. The number of alkyl halides is 2. The first-order valence-electron chi connectivity index (χ1n) is 34.6. The van der Waals surface area contributed by atoms with Crippen LogP contribution in [0.4, 0.5) is 25.8 Å². The third kappa shape index (κ3) is 18.3. The average molecular weight is 1350 g/mol. The zero-order valence-electron chi connectivity index (χ0n) is 55.9. The van der Waals surface area contributed by atoms with Crippen molar-refractivity contribution in [3.05, 3.63) is 210 Å². The predicted octanol–water partition coefficient (Wildman–Crippen LogP) is 13.3. The van der Waals surface area contributed by atoms with Crippen molar-refractivity contribution in [2.45, 2.75) is 120 Å². The van der Waals surface area contributed by atoms with E-state index in [9.17, 15) is 28.0 Å². The molecule has 6 fully saturated rings. The predicted molar refractivity (Wildman–Crippen MR) is 380 cm³/mol. The number of carbonyl (C=O) groups excluding carboxylic acids is 4. The maximum atomic E-state index is 14.7. The van der Waals surface area contributed by atoms with Gasteiger partial charge in [0.25, 0.3) is 0 Å². The molecule has 0 radical (unpaired) electrons. The van der Waals surface area contributed by atoms with Crippen molar-refractivity contribution in [2.75, 3.05) is 55.5 Å². The summed E-state index contributed by atoms with van der Waals surface area (Å²) in [7, 11) is 0. The highest BCUT2D eigenvalue weighted by Crippen LogP contribution is 2.49. The van der Waals surface area contributed by atoms with Crippen molar-refractivity contribution in [1.82, 2.24) is 9.88 Å². The molecule has 14 rings (SSSR count). The number of pyridine rings is 1. The first-order valence-corrected chi connectivity index (χ1v) is 34.6. The number of nitrogens with two attached hydrogens (primary N) is 3. The van der Waals surface area contributed by atoms with Gasteiger partial charge in [-0.25, -0.2) is 8.78 Å². The second-order valence-corrected chi connectivity index (χ2v) is 26.3. The molecule has 0 bridgehead atoms. The Morgan fingerprint density at radius 2 is 0.960 bits per heavy atom. The van der Waals surface area contributed by atoms with Crippen molar-refractivity contribution in [1.29, 1.82) is 5.26 Å².